The van der Waals surface area contributed by atoms with Gasteiger partial charge in [-0.3, -0.25) is 13.9 Å². The summed E-state index contributed by atoms with van der Waals surface area (Å²) in [5.41, 5.74) is 2.16. The molecule has 0 aromatic heterocycles. The largest absolute Gasteiger partial charge is 0.497 e. The average molecular weight is 610 g/mol. The molecule has 43 heavy (non-hydrogen) atoms. The van der Waals surface area contributed by atoms with Crippen LogP contribution in [-0.4, -0.2) is 64.7 Å². The number of unbranched alkanes of at least 4 members (excludes halogenated alkanes) is 1. The fraction of sp³-hybridized carbons (Fsp3) is 0.394. The Hall–Kier alpha value is -4.05. The summed E-state index contributed by atoms with van der Waals surface area (Å²) in [6, 6.07) is 23.1. The van der Waals surface area contributed by atoms with Gasteiger partial charge in [0.15, 0.2) is 0 Å². The molecule has 0 saturated carbocycles. The predicted molar refractivity (Wildman–Crippen MR) is 170 cm³/mol. The molecule has 0 bridgehead atoms. The molecular formula is C33H43N3O6S. The Morgan fingerprint density at radius 3 is 2.26 bits per heavy atom. The second-order valence-electron chi connectivity index (χ2n) is 10.3. The van der Waals surface area contributed by atoms with E-state index >= 15 is 0 Å². The maximum absolute atomic E-state index is 14.0. The number of nitrogens with one attached hydrogen (secondary N) is 1. The summed E-state index contributed by atoms with van der Waals surface area (Å²) in [5, 5.41) is 3.02. The number of hydrogen-bond acceptors (Lipinski definition) is 6. The number of anilines is 1. The molecule has 232 valence electrons. The second-order valence-corrected chi connectivity index (χ2v) is 12.2. The quantitative estimate of drug-likeness (QED) is 0.220. The summed E-state index contributed by atoms with van der Waals surface area (Å²) in [6.45, 7) is 2.84. The number of ether oxygens (including phenoxy) is 2. The number of carbonyl (C=O) groups excluding carboxylic acids is 2. The van der Waals surface area contributed by atoms with E-state index in [4.69, 9.17) is 9.47 Å². The molecule has 1 unspecified atom stereocenters. The van der Waals surface area contributed by atoms with Crippen LogP contribution < -0.4 is 19.1 Å². The number of methoxy groups -OCH3 is 2. The van der Waals surface area contributed by atoms with Gasteiger partial charge in [-0.2, -0.15) is 0 Å². The highest BCUT2D eigenvalue weighted by Crippen LogP contribution is 2.30. The molecule has 10 heteroatoms. The topological polar surface area (TPSA) is 105 Å². The number of nitrogens with zero attached hydrogens (tertiary/aromatic N) is 2. The molecule has 9 nitrogen and oxygen atoms in total. The van der Waals surface area contributed by atoms with Crippen LogP contribution in [0.1, 0.15) is 43.7 Å². The molecule has 3 aromatic carbocycles. The molecule has 0 heterocycles. The second kappa shape index (κ2) is 16.6. The van der Waals surface area contributed by atoms with Gasteiger partial charge in [-0.05, 0) is 48.2 Å². The van der Waals surface area contributed by atoms with Crippen molar-refractivity contribution in [3.63, 3.8) is 0 Å². The number of para-hydroxylation sites is 2. The number of hydrogen-bond donors (Lipinski definition) is 1. The summed E-state index contributed by atoms with van der Waals surface area (Å²) in [5.74, 6) is 0.603. The zero-order valence-electron chi connectivity index (χ0n) is 25.5. The molecule has 0 saturated heterocycles. The third-order valence-corrected chi connectivity index (χ3v) is 8.27. The first kappa shape index (κ1) is 33.5. The fourth-order valence-electron chi connectivity index (χ4n) is 4.85. The molecule has 0 radical (unpaired) electrons. The van der Waals surface area contributed by atoms with Crippen molar-refractivity contribution in [3.8, 4) is 11.5 Å². The maximum atomic E-state index is 14.0. The number of sulfonamides is 1. The molecule has 0 aliphatic carbocycles. The van der Waals surface area contributed by atoms with Crippen molar-refractivity contribution in [3.05, 3.63) is 90.0 Å². The number of benzene rings is 3. The van der Waals surface area contributed by atoms with Gasteiger partial charge < -0.3 is 19.7 Å². The van der Waals surface area contributed by atoms with Crippen molar-refractivity contribution in [2.45, 2.75) is 51.6 Å². The SMILES string of the molecule is CCCCNC(=O)C(Cc1ccccc1)N(Cc1cccc(OC)c1)C(=O)CCCN(c1ccccc1OC)S(C)(=O)=O. The summed E-state index contributed by atoms with van der Waals surface area (Å²) in [6.07, 6.45) is 3.52. The van der Waals surface area contributed by atoms with E-state index < -0.39 is 16.1 Å². The highest BCUT2D eigenvalue weighted by Gasteiger charge is 2.30. The van der Waals surface area contributed by atoms with E-state index in [1.807, 2.05) is 54.6 Å². The monoisotopic (exact) mass is 609 g/mol. The van der Waals surface area contributed by atoms with Crippen LogP contribution in [0.5, 0.6) is 11.5 Å². The van der Waals surface area contributed by atoms with Gasteiger partial charge in [0, 0.05) is 32.5 Å². The van der Waals surface area contributed by atoms with Crippen LogP contribution in [0.25, 0.3) is 0 Å². The zero-order valence-corrected chi connectivity index (χ0v) is 26.3. The lowest BCUT2D eigenvalue weighted by Crippen LogP contribution is -2.50. The maximum Gasteiger partial charge on any atom is 0.243 e. The highest BCUT2D eigenvalue weighted by atomic mass is 32.2. The molecule has 0 spiro atoms. The lowest BCUT2D eigenvalue weighted by molar-refractivity contribution is -0.141. The average Bonchev–Trinajstić information content (AvgIpc) is 3.01. The third kappa shape index (κ3) is 10.0. The molecule has 0 aliphatic heterocycles. The van der Waals surface area contributed by atoms with Crippen molar-refractivity contribution in [1.82, 2.24) is 10.2 Å². The summed E-state index contributed by atoms with van der Waals surface area (Å²) in [7, 11) is -0.594. The molecular weight excluding hydrogens is 566 g/mol. The van der Waals surface area contributed by atoms with Gasteiger partial charge >= 0.3 is 0 Å². The first-order chi connectivity index (χ1) is 20.7. The first-order valence-electron chi connectivity index (χ1n) is 14.5. The minimum absolute atomic E-state index is 0.0403. The van der Waals surface area contributed by atoms with Crippen molar-refractivity contribution in [2.24, 2.45) is 0 Å². The van der Waals surface area contributed by atoms with E-state index in [2.05, 4.69) is 12.2 Å². The standard InChI is InChI=1S/C33H43N3O6S/c1-5-6-21-34-33(38)30(24-26-14-8-7-9-15-26)35(25-27-16-12-17-28(23-27)41-2)32(37)20-13-22-36(43(4,39)40)29-18-10-11-19-31(29)42-3/h7-12,14-19,23,30H,5-6,13,20-22,24-25H2,1-4H3,(H,34,38). The Morgan fingerprint density at radius 2 is 1.58 bits per heavy atom. The van der Waals surface area contributed by atoms with Crippen LogP contribution in [0.15, 0.2) is 78.9 Å². The van der Waals surface area contributed by atoms with Crippen LogP contribution in [0, 0.1) is 0 Å². The molecule has 1 atom stereocenters. The molecule has 2 amide bonds. The van der Waals surface area contributed by atoms with Crippen molar-refractivity contribution in [1.29, 1.82) is 0 Å². The normalized spacial score (nSPS) is 11.8. The van der Waals surface area contributed by atoms with Gasteiger partial charge in [0.2, 0.25) is 21.8 Å². The van der Waals surface area contributed by atoms with E-state index in [0.29, 0.717) is 30.2 Å². The van der Waals surface area contributed by atoms with Gasteiger partial charge in [0.1, 0.15) is 17.5 Å². The van der Waals surface area contributed by atoms with Gasteiger partial charge in [0.25, 0.3) is 0 Å². The van der Waals surface area contributed by atoms with E-state index in [1.54, 1.807) is 36.3 Å². The summed E-state index contributed by atoms with van der Waals surface area (Å²) in [4.78, 5) is 29.2. The van der Waals surface area contributed by atoms with Crippen LogP contribution in [0.4, 0.5) is 5.69 Å². The number of rotatable bonds is 17. The van der Waals surface area contributed by atoms with Crippen LogP contribution >= 0.6 is 0 Å². The Bertz CT molecular complexity index is 1430. The molecule has 1 N–H and O–H groups in total. The minimum Gasteiger partial charge on any atom is -0.497 e. The van der Waals surface area contributed by atoms with E-state index in [1.165, 1.54) is 11.4 Å². The van der Waals surface area contributed by atoms with Crippen LogP contribution in [0.2, 0.25) is 0 Å². The van der Waals surface area contributed by atoms with E-state index in [9.17, 15) is 18.0 Å². The zero-order chi connectivity index (χ0) is 31.2. The summed E-state index contributed by atoms with van der Waals surface area (Å²) >= 11 is 0. The van der Waals surface area contributed by atoms with Gasteiger partial charge in [0.05, 0.1) is 26.2 Å². The molecule has 3 aromatic rings. The lowest BCUT2D eigenvalue weighted by Gasteiger charge is -2.32. The van der Waals surface area contributed by atoms with E-state index in [0.717, 1.165) is 30.2 Å². The number of amides is 2. The predicted octanol–water partition coefficient (Wildman–Crippen LogP) is 4.81. The van der Waals surface area contributed by atoms with Gasteiger partial charge in [-0.25, -0.2) is 8.42 Å². The Balaban J connectivity index is 1.90. The lowest BCUT2D eigenvalue weighted by atomic mass is 10.0. The van der Waals surface area contributed by atoms with Crippen LogP contribution in [0.3, 0.4) is 0 Å². The van der Waals surface area contributed by atoms with Crippen molar-refractivity contribution in [2.75, 3.05) is 37.9 Å². The van der Waals surface area contributed by atoms with Gasteiger partial charge in [-0.1, -0.05) is 67.9 Å². The molecule has 3 rings (SSSR count). The summed E-state index contributed by atoms with van der Waals surface area (Å²) < 4.78 is 37.5. The van der Waals surface area contributed by atoms with Crippen molar-refractivity contribution < 1.29 is 27.5 Å². The highest BCUT2D eigenvalue weighted by molar-refractivity contribution is 7.92. The Labute approximate surface area is 255 Å². The van der Waals surface area contributed by atoms with Crippen LogP contribution in [-0.2, 0) is 32.6 Å². The Kier molecular flexibility index (Phi) is 12.9. The van der Waals surface area contributed by atoms with Gasteiger partial charge in [-0.15, -0.1) is 0 Å². The number of carbonyl (C=O) groups is 2. The third-order valence-electron chi connectivity index (χ3n) is 7.09. The minimum atomic E-state index is -3.66. The molecule has 0 fully saturated rings. The smallest absolute Gasteiger partial charge is 0.243 e. The fourth-order valence-corrected chi connectivity index (χ4v) is 5.81. The Morgan fingerprint density at radius 1 is 0.884 bits per heavy atom. The van der Waals surface area contributed by atoms with E-state index in [-0.39, 0.29) is 37.7 Å². The first-order valence-corrected chi connectivity index (χ1v) is 16.4. The van der Waals surface area contributed by atoms with Crippen molar-refractivity contribution >= 4 is 27.5 Å². The molecule has 0 aliphatic rings.